The average molecular weight is 802 g/mol. The topological polar surface area (TPSA) is 106 Å². The van der Waals surface area contributed by atoms with E-state index in [1.54, 1.807) is 24.3 Å². The highest BCUT2D eigenvalue weighted by Crippen LogP contribution is 2.45. The second kappa shape index (κ2) is 15.2. The molecule has 0 saturated carbocycles. The Morgan fingerprint density at radius 2 is 1.54 bits per heavy atom. The second-order valence-electron chi connectivity index (χ2n) is 15.8. The lowest BCUT2D eigenvalue weighted by Gasteiger charge is -2.31. The van der Waals surface area contributed by atoms with Crippen LogP contribution in [0, 0.1) is 5.92 Å². The third-order valence-electron chi connectivity index (χ3n) is 12.3. The van der Waals surface area contributed by atoms with Crippen molar-refractivity contribution in [1.82, 2.24) is 14.2 Å². The first-order valence-corrected chi connectivity index (χ1v) is 22.0. The quantitative estimate of drug-likeness (QED) is 0.119. The molecule has 1 fully saturated rings. The van der Waals surface area contributed by atoms with Gasteiger partial charge in [-0.2, -0.15) is 8.88 Å². The summed E-state index contributed by atoms with van der Waals surface area (Å²) in [5.41, 5.74) is 9.99. The Morgan fingerprint density at radius 3 is 2.39 bits per heavy atom. The van der Waals surface area contributed by atoms with Gasteiger partial charge >= 0.3 is 0 Å². The van der Waals surface area contributed by atoms with Crippen LogP contribution < -0.4 is 20.1 Å². The van der Waals surface area contributed by atoms with Gasteiger partial charge in [0.1, 0.15) is 17.1 Å². The molecular weight excluding hydrogens is 757 g/mol. The normalized spacial score (nSPS) is 16.7. The van der Waals surface area contributed by atoms with E-state index in [0.717, 1.165) is 59.1 Å². The van der Waals surface area contributed by atoms with E-state index in [4.69, 9.17) is 4.42 Å². The van der Waals surface area contributed by atoms with Crippen molar-refractivity contribution in [3.8, 4) is 28.2 Å². The number of phenolic OH excluding ortho intramolecular Hbond substituents is 1. The van der Waals surface area contributed by atoms with Crippen molar-refractivity contribution >= 4 is 44.0 Å². The predicted octanol–water partition coefficient (Wildman–Crippen LogP) is 8.02. The van der Waals surface area contributed by atoms with Gasteiger partial charge in [0.05, 0.1) is 11.0 Å². The lowest BCUT2D eigenvalue weighted by molar-refractivity contribution is -0.126. The van der Waals surface area contributed by atoms with E-state index in [0.29, 0.717) is 42.7 Å². The Bertz CT molecular complexity index is 2900. The average Bonchev–Trinajstić information content (AvgIpc) is 3.91. The lowest BCUT2D eigenvalue weighted by Crippen LogP contribution is -2.43. The maximum absolute atomic E-state index is 14.7. The second-order valence-corrected chi connectivity index (χ2v) is 17.7. The number of benzene rings is 6. The molecule has 9 nitrogen and oxygen atoms in total. The predicted molar refractivity (Wildman–Crippen MR) is 232 cm³/mol. The molecule has 4 aliphatic heterocycles. The zero-order valence-electron chi connectivity index (χ0n) is 32.7. The largest absolute Gasteiger partial charge is 0.508 e. The van der Waals surface area contributed by atoms with Crippen molar-refractivity contribution in [1.29, 1.82) is 0 Å². The van der Waals surface area contributed by atoms with Gasteiger partial charge in [-0.25, -0.2) is 8.42 Å². The van der Waals surface area contributed by atoms with Crippen LogP contribution >= 0.6 is 0 Å². The number of fused-ring (bicyclic) bond motifs is 4. The molecule has 5 aliphatic rings. The molecule has 0 atom stereocenters. The number of carbonyl (C=O) groups is 1. The van der Waals surface area contributed by atoms with Gasteiger partial charge in [0, 0.05) is 95.7 Å². The molecule has 0 unspecified atom stereocenters. The van der Waals surface area contributed by atoms with Crippen LogP contribution in [0.5, 0.6) is 5.75 Å². The smallest absolute Gasteiger partial charge is 0.243 e. The Kier molecular flexibility index (Phi) is 9.53. The number of hydrogen-bond donors (Lipinski definition) is 2. The van der Waals surface area contributed by atoms with Gasteiger partial charge < -0.3 is 19.7 Å². The number of carbonyl (C=O) groups excluding carboxylic acids is 1. The molecule has 59 heavy (non-hydrogen) atoms. The standard InChI is InChI=1S/C49H44N4O5S/c54-39-17-13-33(14-18-39)21-26-50-49(55)36-22-27-51(28-23-36)59(56,57)47-12-6-3-9-42(47)48-40-19-15-37(52-29-24-34-7-1-4-10-43(34)52)31-45(40)58-46-32-38(16-20-41(46)48)53-30-25-35-8-2-5-11-44(35)53/h1-20,31-32,36H,21-30H2,(H-,50,54,55)/p+1. The third-order valence-corrected chi connectivity index (χ3v) is 14.3. The van der Waals surface area contributed by atoms with Gasteiger partial charge in [0.15, 0.2) is 6.54 Å². The molecule has 1 amide bonds. The zero-order valence-corrected chi connectivity index (χ0v) is 33.5. The van der Waals surface area contributed by atoms with E-state index in [2.05, 4.69) is 99.7 Å². The van der Waals surface area contributed by atoms with Crippen molar-refractivity contribution in [3.05, 3.63) is 156 Å². The van der Waals surface area contributed by atoms with Gasteiger partial charge in [-0.15, -0.1) is 0 Å². The summed E-state index contributed by atoms with van der Waals surface area (Å²) in [6.45, 7) is 2.70. The summed E-state index contributed by atoms with van der Waals surface area (Å²) in [4.78, 5) is 15.7. The highest BCUT2D eigenvalue weighted by Gasteiger charge is 2.35. The molecule has 10 rings (SSSR count). The summed E-state index contributed by atoms with van der Waals surface area (Å²) in [7, 11) is -3.96. The number of aromatic hydroxyl groups is 1. The van der Waals surface area contributed by atoms with Gasteiger partial charge in [0.2, 0.25) is 27.0 Å². The minimum Gasteiger partial charge on any atom is -0.508 e. The fourth-order valence-electron chi connectivity index (χ4n) is 9.24. The fraction of sp³-hybridized carbons (Fsp3) is 0.224. The monoisotopic (exact) mass is 801 g/mol. The minimum absolute atomic E-state index is 0.0548. The summed E-state index contributed by atoms with van der Waals surface area (Å²) in [6, 6.07) is 43.8. The summed E-state index contributed by atoms with van der Waals surface area (Å²) < 4.78 is 40.2. The number of rotatable bonds is 8. The van der Waals surface area contributed by atoms with Gasteiger partial charge in [-0.05, 0) is 79.3 Å². The van der Waals surface area contributed by atoms with Crippen LogP contribution in [0.3, 0.4) is 0 Å². The molecule has 0 radical (unpaired) electrons. The number of phenols is 1. The SMILES string of the molecule is O=C(NCCc1ccc(O)cc1)C1CCN(S(=O)(=O)c2ccccc2-c2c3ccc(=[N+]4CCc5ccccc54)cc-3oc3cc(N4CCc5ccccc54)ccc23)CC1. The van der Waals surface area contributed by atoms with Gasteiger partial charge in [-0.3, -0.25) is 4.79 Å². The first-order valence-electron chi connectivity index (χ1n) is 20.5. The first-order chi connectivity index (χ1) is 28.8. The van der Waals surface area contributed by atoms with Crippen molar-refractivity contribution in [2.45, 2.75) is 37.0 Å². The van der Waals surface area contributed by atoms with Crippen molar-refractivity contribution in [2.24, 2.45) is 5.92 Å². The Morgan fingerprint density at radius 1 is 0.780 bits per heavy atom. The lowest BCUT2D eigenvalue weighted by atomic mass is 9.93. The Hall–Kier alpha value is -6.23. The number of sulfonamides is 1. The van der Waals surface area contributed by atoms with Gasteiger partial charge in [-0.1, -0.05) is 66.7 Å². The molecule has 0 spiro atoms. The highest BCUT2D eigenvalue weighted by atomic mass is 32.2. The summed E-state index contributed by atoms with van der Waals surface area (Å²) in [5, 5.41) is 14.5. The highest BCUT2D eigenvalue weighted by molar-refractivity contribution is 7.89. The van der Waals surface area contributed by atoms with E-state index in [-0.39, 0.29) is 35.6 Å². The number of hydrogen-bond acceptors (Lipinski definition) is 6. The minimum atomic E-state index is -3.96. The van der Waals surface area contributed by atoms with E-state index >= 15 is 0 Å². The number of piperidine rings is 1. The number of para-hydroxylation sites is 2. The Balaban J connectivity index is 1.01. The fourth-order valence-corrected chi connectivity index (χ4v) is 10.9. The van der Waals surface area contributed by atoms with Crippen LogP contribution in [-0.4, -0.2) is 56.5 Å². The molecular formula is C49H45N4O5S+. The summed E-state index contributed by atoms with van der Waals surface area (Å²) >= 11 is 0. The molecule has 0 bridgehead atoms. The van der Waals surface area contributed by atoms with Gasteiger partial charge in [0.25, 0.3) is 0 Å². The molecule has 5 aromatic rings. The maximum Gasteiger partial charge on any atom is 0.243 e. The van der Waals surface area contributed by atoms with Crippen LogP contribution in [-0.2, 0) is 34.1 Å². The molecule has 4 heterocycles. The number of amides is 1. The van der Waals surface area contributed by atoms with E-state index in [9.17, 15) is 18.3 Å². The molecule has 2 N–H and O–H groups in total. The van der Waals surface area contributed by atoms with E-state index < -0.39 is 10.0 Å². The molecule has 0 aromatic heterocycles. The van der Waals surface area contributed by atoms with Crippen molar-refractivity contribution in [2.75, 3.05) is 37.6 Å². The third kappa shape index (κ3) is 6.86. The number of nitrogens with zero attached hydrogens (tertiary/aromatic N) is 3. The summed E-state index contributed by atoms with van der Waals surface area (Å²) in [5.74, 6) is 0.562. The number of nitrogens with one attached hydrogen (secondary N) is 1. The van der Waals surface area contributed by atoms with Crippen LogP contribution in [0.4, 0.5) is 17.1 Å². The summed E-state index contributed by atoms with van der Waals surface area (Å²) in [6.07, 6.45) is 3.44. The molecule has 296 valence electrons. The molecule has 1 saturated heterocycles. The van der Waals surface area contributed by atoms with Crippen LogP contribution in [0.1, 0.15) is 29.5 Å². The van der Waals surface area contributed by atoms with Crippen LogP contribution in [0.25, 0.3) is 33.4 Å². The number of anilines is 2. The Labute approximate surface area is 343 Å². The molecule has 1 aliphatic carbocycles. The van der Waals surface area contributed by atoms with Crippen LogP contribution in [0.15, 0.2) is 143 Å². The molecule has 10 heteroatoms. The maximum atomic E-state index is 14.7. The van der Waals surface area contributed by atoms with Crippen LogP contribution in [0.2, 0.25) is 0 Å². The van der Waals surface area contributed by atoms with Crippen molar-refractivity contribution in [3.63, 3.8) is 0 Å². The van der Waals surface area contributed by atoms with Crippen molar-refractivity contribution < 1.29 is 22.7 Å². The first kappa shape index (κ1) is 37.1. The molecule has 5 aromatic carbocycles. The van der Waals surface area contributed by atoms with E-state index in [1.807, 2.05) is 24.3 Å². The zero-order chi connectivity index (χ0) is 40.1. The van der Waals surface area contributed by atoms with E-state index in [1.165, 1.54) is 26.8 Å².